The van der Waals surface area contributed by atoms with Crippen molar-refractivity contribution in [3.8, 4) is 0 Å². The van der Waals surface area contributed by atoms with Crippen molar-refractivity contribution in [2.24, 2.45) is 5.92 Å². The van der Waals surface area contributed by atoms with E-state index in [0.717, 1.165) is 44.9 Å². The number of morpholine rings is 1. The van der Waals surface area contributed by atoms with Gasteiger partial charge in [0.2, 0.25) is 0 Å². The van der Waals surface area contributed by atoms with E-state index in [-0.39, 0.29) is 18.2 Å². The Morgan fingerprint density at radius 2 is 1.53 bits per heavy atom. The monoisotopic (exact) mass is 240 g/mol. The summed E-state index contributed by atoms with van der Waals surface area (Å²) >= 11 is 0. The van der Waals surface area contributed by atoms with Crippen molar-refractivity contribution < 1.29 is 9.53 Å². The Kier molecular flexibility index (Phi) is 3.92. The molecule has 0 aromatic heterocycles. The molecule has 2 atom stereocenters. The lowest BCUT2D eigenvalue weighted by atomic mass is 9.99. The van der Waals surface area contributed by atoms with Crippen molar-refractivity contribution >= 4 is 6.03 Å². The van der Waals surface area contributed by atoms with E-state index in [0.29, 0.717) is 0 Å². The molecule has 4 nitrogen and oxygen atoms in total. The molecule has 0 saturated carbocycles. The fraction of sp³-hybridized carbons (Fsp3) is 0.923. The number of urea groups is 1. The first-order valence-electron chi connectivity index (χ1n) is 6.75. The van der Waals surface area contributed by atoms with Crippen LogP contribution in [-0.4, -0.2) is 54.2 Å². The second-order valence-corrected chi connectivity index (χ2v) is 5.61. The molecule has 0 aliphatic carbocycles. The van der Waals surface area contributed by atoms with Gasteiger partial charge in [-0.1, -0.05) is 6.92 Å². The van der Waals surface area contributed by atoms with Crippen LogP contribution in [0.3, 0.4) is 0 Å². The van der Waals surface area contributed by atoms with Crippen LogP contribution in [-0.2, 0) is 4.74 Å². The highest BCUT2D eigenvalue weighted by atomic mass is 16.5. The molecule has 0 spiro atoms. The SMILES string of the molecule is CC1CCN(C(=O)N2CC(C)OC(C)C2)CC1. The zero-order chi connectivity index (χ0) is 12.4. The zero-order valence-electron chi connectivity index (χ0n) is 11.2. The van der Waals surface area contributed by atoms with Gasteiger partial charge in [-0.15, -0.1) is 0 Å². The van der Waals surface area contributed by atoms with Crippen LogP contribution in [0.2, 0.25) is 0 Å². The minimum Gasteiger partial charge on any atom is -0.372 e. The van der Waals surface area contributed by atoms with Crippen LogP contribution in [0.4, 0.5) is 4.79 Å². The molecule has 0 N–H and O–H groups in total. The van der Waals surface area contributed by atoms with Gasteiger partial charge < -0.3 is 14.5 Å². The average Bonchev–Trinajstić information content (AvgIpc) is 2.28. The Morgan fingerprint density at radius 3 is 2.06 bits per heavy atom. The van der Waals surface area contributed by atoms with Crippen LogP contribution in [0.5, 0.6) is 0 Å². The van der Waals surface area contributed by atoms with E-state index < -0.39 is 0 Å². The van der Waals surface area contributed by atoms with Crippen molar-refractivity contribution in [1.29, 1.82) is 0 Å². The van der Waals surface area contributed by atoms with Crippen molar-refractivity contribution in [2.75, 3.05) is 26.2 Å². The second kappa shape index (κ2) is 5.25. The molecule has 2 fully saturated rings. The molecule has 0 aromatic rings. The van der Waals surface area contributed by atoms with E-state index in [1.807, 2.05) is 23.6 Å². The number of piperidine rings is 1. The van der Waals surface area contributed by atoms with Gasteiger partial charge in [0.25, 0.3) is 0 Å². The van der Waals surface area contributed by atoms with Crippen LogP contribution in [0.15, 0.2) is 0 Å². The number of amides is 2. The van der Waals surface area contributed by atoms with Gasteiger partial charge in [0.1, 0.15) is 0 Å². The summed E-state index contributed by atoms with van der Waals surface area (Å²) in [5, 5.41) is 0. The Balaban J connectivity index is 1.90. The Hall–Kier alpha value is -0.770. The van der Waals surface area contributed by atoms with Crippen LogP contribution in [0.25, 0.3) is 0 Å². The lowest BCUT2D eigenvalue weighted by Gasteiger charge is -2.40. The number of nitrogens with zero attached hydrogens (tertiary/aromatic N) is 2. The van der Waals surface area contributed by atoms with Gasteiger partial charge in [-0.25, -0.2) is 4.79 Å². The van der Waals surface area contributed by atoms with Crippen molar-refractivity contribution in [2.45, 2.75) is 45.8 Å². The van der Waals surface area contributed by atoms with Gasteiger partial charge in [0, 0.05) is 26.2 Å². The molecule has 2 aliphatic heterocycles. The van der Waals surface area contributed by atoms with Crippen molar-refractivity contribution in [1.82, 2.24) is 9.80 Å². The summed E-state index contributed by atoms with van der Waals surface area (Å²) in [7, 11) is 0. The Morgan fingerprint density at radius 1 is 1.00 bits per heavy atom. The number of hydrogen-bond acceptors (Lipinski definition) is 2. The summed E-state index contributed by atoms with van der Waals surface area (Å²) in [4.78, 5) is 16.3. The van der Waals surface area contributed by atoms with Gasteiger partial charge in [-0.05, 0) is 32.6 Å². The predicted molar refractivity (Wildman–Crippen MR) is 66.9 cm³/mol. The molecular weight excluding hydrogens is 216 g/mol. The Labute approximate surface area is 104 Å². The van der Waals surface area contributed by atoms with E-state index in [9.17, 15) is 4.79 Å². The van der Waals surface area contributed by atoms with Crippen LogP contribution in [0.1, 0.15) is 33.6 Å². The summed E-state index contributed by atoms with van der Waals surface area (Å²) in [6.07, 6.45) is 2.60. The molecule has 17 heavy (non-hydrogen) atoms. The molecule has 98 valence electrons. The Bertz CT molecular complexity index is 265. The maximum Gasteiger partial charge on any atom is 0.320 e. The van der Waals surface area contributed by atoms with E-state index in [4.69, 9.17) is 4.74 Å². The van der Waals surface area contributed by atoms with Crippen molar-refractivity contribution in [3.63, 3.8) is 0 Å². The van der Waals surface area contributed by atoms with Gasteiger partial charge in [-0.3, -0.25) is 0 Å². The molecule has 2 amide bonds. The van der Waals surface area contributed by atoms with Gasteiger partial charge in [0.05, 0.1) is 12.2 Å². The molecule has 2 saturated heterocycles. The minimum atomic E-state index is 0.159. The second-order valence-electron chi connectivity index (χ2n) is 5.61. The number of ether oxygens (including phenoxy) is 1. The van der Waals surface area contributed by atoms with E-state index in [1.54, 1.807) is 0 Å². The third kappa shape index (κ3) is 3.12. The maximum absolute atomic E-state index is 12.3. The van der Waals surface area contributed by atoms with Crippen LogP contribution >= 0.6 is 0 Å². The van der Waals surface area contributed by atoms with Crippen LogP contribution < -0.4 is 0 Å². The standard InChI is InChI=1S/C13H24N2O2/c1-10-4-6-14(7-5-10)13(16)15-8-11(2)17-12(3)9-15/h10-12H,4-9H2,1-3H3. The topological polar surface area (TPSA) is 32.8 Å². The molecule has 2 heterocycles. The molecule has 2 rings (SSSR count). The van der Waals surface area contributed by atoms with E-state index in [2.05, 4.69) is 6.92 Å². The summed E-state index contributed by atoms with van der Waals surface area (Å²) in [5.74, 6) is 0.765. The van der Waals surface area contributed by atoms with Gasteiger partial charge >= 0.3 is 6.03 Å². The first-order valence-corrected chi connectivity index (χ1v) is 6.75. The number of carbonyl (C=O) groups is 1. The molecular formula is C13H24N2O2. The third-order valence-electron chi connectivity index (χ3n) is 3.74. The lowest BCUT2D eigenvalue weighted by molar-refractivity contribution is -0.0588. The molecule has 0 aromatic carbocycles. The minimum absolute atomic E-state index is 0.159. The normalized spacial score (nSPS) is 31.7. The van der Waals surface area contributed by atoms with Gasteiger partial charge in [0.15, 0.2) is 0 Å². The molecule has 0 radical (unpaired) electrons. The summed E-state index contributed by atoms with van der Waals surface area (Å²) in [6, 6.07) is 0.207. The maximum atomic E-state index is 12.3. The highest BCUT2D eigenvalue weighted by molar-refractivity contribution is 5.74. The molecule has 0 bridgehead atoms. The van der Waals surface area contributed by atoms with Crippen LogP contribution in [0, 0.1) is 5.92 Å². The summed E-state index contributed by atoms with van der Waals surface area (Å²) in [5.41, 5.74) is 0. The first-order chi connectivity index (χ1) is 8.06. The predicted octanol–water partition coefficient (Wildman–Crippen LogP) is 1.95. The van der Waals surface area contributed by atoms with E-state index in [1.165, 1.54) is 0 Å². The number of likely N-dealkylation sites (tertiary alicyclic amines) is 1. The highest BCUT2D eigenvalue weighted by Crippen LogP contribution is 2.19. The number of carbonyl (C=O) groups excluding carboxylic acids is 1. The first kappa shape index (κ1) is 12.7. The molecule has 2 unspecified atom stereocenters. The smallest absolute Gasteiger partial charge is 0.320 e. The largest absolute Gasteiger partial charge is 0.372 e. The quantitative estimate of drug-likeness (QED) is 0.648. The lowest BCUT2D eigenvalue weighted by Crippen LogP contribution is -2.54. The zero-order valence-corrected chi connectivity index (χ0v) is 11.2. The average molecular weight is 240 g/mol. The fourth-order valence-corrected chi connectivity index (χ4v) is 2.73. The highest BCUT2D eigenvalue weighted by Gasteiger charge is 2.30. The molecule has 4 heteroatoms. The van der Waals surface area contributed by atoms with E-state index >= 15 is 0 Å². The third-order valence-corrected chi connectivity index (χ3v) is 3.74. The number of rotatable bonds is 0. The van der Waals surface area contributed by atoms with Gasteiger partial charge in [-0.2, -0.15) is 0 Å². The number of hydrogen-bond donors (Lipinski definition) is 0. The summed E-state index contributed by atoms with van der Waals surface area (Å²) < 4.78 is 5.66. The van der Waals surface area contributed by atoms with Crippen molar-refractivity contribution in [3.05, 3.63) is 0 Å². The fourth-order valence-electron chi connectivity index (χ4n) is 2.73. The molecule has 2 aliphatic rings. The summed E-state index contributed by atoms with van der Waals surface area (Å²) in [6.45, 7) is 9.63.